The molecular weight excluding hydrogens is 371 g/mol. The van der Waals surface area contributed by atoms with Crippen molar-refractivity contribution in [1.82, 2.24) is 9.13 Å². The predicted molar refractivity (Wildman–Crippen MR) is 90.2 cm³/mol. The molecule has 1 aromatic carbocycles. The summed E-state index contributed by atoms with van der Waals surface area (Å²) in [6, 6.07) is 6.76. The van der Waals surface area contributed by atoms with Gasteiger partial charge in [-0.3, -0.25) is 9.36 Å². The van der Waals surface area contributed by atoms with Gasteiger partial charge < -0.3 is 4.84 Å². The Morgan fingerprint density at radius 2 is 1.88 bits per heavy atom. The predicted octanol–water partition coefficient (Wildman–Crippen LogP) is 2.23. The molecule has 26 heavy (non-hydrogen) atoms. The molecule has 0 aliphatic heterocycles. The van der Waals surface area contributed by atoms with E-state index in [0.29, 0.717) is 25.9 Å². The van der Waals surface area contributed by atoms with Crippen LogP contribution in [0.25, 0.3) is 15.8 Å². The minimum absolute atomic E-state index is 0.141. The number of aromatic nitrogens is 2. The monoisotopic (exact) mass is 383 g/mol. The molecule has 6 nitrogen and oxygen atoms in total. The van der Waals surface area contributed by atoms with Gasteiger partial charge in [-0.2, -0.15) is 13.2 Å². The number of nitrogens with zero attached hydrogens (tertiary/aromatic N) is 3. The van der Waals surface area contributed by atoms with Gasteiger partial charge >= 0.3 is 11.9 Å². The molecule has 136 valence electrons. The minimum Gasteiger partial charge on any atom is -0.399 e. The lowest BCUT2D eigenvalue weighted by molar-refractivity contribution is -0.144. The van der Waals surface area contributed by atoms with Crippen LogP contribution < -0.4 is 16.6 Å². The normalized spacial score (nSPS) is 12.6. The molecule has 0 amide bonds. The molecule has 0 aliphatic carbocycles. The van der Waals surface area contributed by atoms with E-state index in [1.807, 2.05) is 0 Å². The van der Waals surface area contributed by atoms with Crippen molar-refractivity contribution in [2.75, 3.05) is 7.11 Å². The molecule has 0 radical (unpaired) electrons. The molecule has 0 aliphatic rings. The van der Waals surface area contributed by atoms with E-state index in [1.54, 1.807) is 17.5 Å². The van der Waals surface area contributed by atoms with Gasteiger partial charge in [-0.1, -0.05) is 5.16 Å². The lowest BCUT2D eigenvalue weighted by atomic mass is 10.2. The van der Waals surface area contributed by atoms with E-state index in [4.69, 9.17) is 4.84 Å². The maximum Gasteiger partial charge on any atom is 0.431 e. The van der Waals surface area contributed by atoms with Crippen LogP contribution in [-0.2, 0) is 18.1 Å². The molecule has 0 saturated heterocycles. The van der Waals surface area contributed by atoms with Gasteiger partial charge in [0.1, 0.15) is 18.2 Å². The number of alkyl halides is 3. The second-order valence-corrected chi connectivity index (χ2v) is 6.25. The number of halogens is 3. The van der Waals surface area contributed by atoms with Crippen molar-refractivity contribution in [3.63, 3.8) is 0 Å². The highest BCUT2D eigenvalue weighted by molar-refractivity contribution is 7.16. The molecule has 3 aromatic rings. The molecular formula is C16H12F3N3O3S. The zero-order valence-electron chi connectivity index (χ0n) is 13.6. The quantitative estimate of drug-likeness (QED) is 0.638. The van der Waals surface area contributed by atoms with E-state index in [2.05, 4.69) is 5.16 Å². The largest absolute Gasteiger partial charge is 0.431 e. The highest BCUT2D eigenvalue weighted by Gasteiger charge is 2.35. The fourth-order valence-electron chi connectivity index (χ4n) is 2.53. The Labute approximate surface area is 148 Å². The zero-order valence-corrected chi connectivity index (χ0v) is 14.4. The van der Waals surface area contributed by atoms with Crippen molar-refractivity contribution in [3.8, 4) is 5.69 Å². The Morgan fingerprint density at radius 1 is 1.15 bits per heavy atom. The third kappa shape index (κ3) is 3.03. The Balaban J connectivity index is 2.33. The van der Waals surface area contributed by atoms with E-state index in [1.165, 1.54) is 30.6 Å². The summed E-state index contributed by atoms with van der Waals surface area (Å²) in [5.74, 6) is 0. The van der Waals surface area contributed by atoms with Crippen molar-refractivity contribution < 1.29 is 18.0 Å². The van der Waals surface area contributed by atoms with Gasteiger partial charge in [0.15, 0.2) is 0 Å². The Bertz CT molecular complexity index is 1180. The van der Waals surface area contributed by atoms with Crippen LogP contribution in [0.5, 0.6) is 0 Å². The van der Waals surface area contributed by atoms with E-state index in [-0.39, 0.29) is 5.69 Å². The van der Waals surface area contributed by atoms with Gasteiger partial charge in [0.25, 0.3) is 5.56 Å². The van der Waals surface area contributed by atoms with Crippen molar-refractivity contribution in [3.05, 3.63) is 67.6 Å². The number of hydrogen-bond donors (Lipinski definition) is 0. The second kappa shape index (κ2) is 6.45. The summed E-state index contributed by atoms with van der Waals surface area (Å²) in [5.41, 5.74) is -3.32. The van der Waals surface area contributed by atoms with Crippen molar-refractivity contribution >= 4 is 21.4 Å². The fourth-order valence-corrected chi connectivity index (χ4v) is 3.32. The summed E-state index contributed by atoms with van der Waals surface area (Å²) in [6.07, 6.45) is -4.80. The second-order valence-electron chi connectivity index (χ2n) is 5.30. The third-order valence-corrected chi connectivity index (χ3v) is 4.60. The summed E-state index contributed by atoms with van der Waals surface area (Å²) >= 11 is 1.40. The van der Waals surface area contributed by atoms with Gasteiger partial charge in [-0.05, 0) is 29.6 Å². The maximum absolute atomic E-state index is 13.0. The molecule has 0 spiro atoms. The highest BCUT2D eigenvalue weighted by atomic mass is 32.1. The lowest BCUT2D eigenvalue weighted by Crippen LogP contribution is -2.40. The Hall–Kier alpha value is -2.88. The molecule has 10 heteroatoms. The Morgan fingerprint density at radius 3 is 2.54 bits per heavy atom. The van der Waals surface area contributed by atoms with Gasteiger partial charge in [-0.15, -0.1) is 11.3 Å². The molecule has 0 N–H and O–H groups in total. The first-order valence-electron chi connectivity index (χ1n) is 7.23. The summed E-state index contributed by atoms with van der Waals surface area (Å²) < 4.78 is 40.8. The summed E-state index contributed by atoms with van der Waals surface area (Å²) in [7, 11) is 2.35. The molecule has 0 fully saturated rings. The van der Waals surface area contributed by atoms with Crippen LogP contribution in [0.2, 0.25) is 0 Å². The number of fused-ring (bicyclic) bond motifs is 1. The van der Waals surface area contributed by atoms with Crippen LogP contribution in [0, 0.1) is 0 Å². The van der Waals surface area contributed by atoms with E-state index in [9.17, 15) is 22.8 Å². The first kappa shape index (κ1) is 17.9. The first-order valence-corrected chi connectivity index (χ1v) is 8.11. The molecule has 2 heterocycles. The number of hydrogen-bond acceptors (Lipinski definition) is 5. The molecule has 0 bridgehead atoms. The zero-order chi connectivity index (χ0) is 19.1. The number of rotatable bonds is 2. The van der Waals surface area contributed by atoms with Crippen molar-refractivity contribution in [2.45, 2.75) is 6.18 Å². The van der Waals surface area contributed by atoms with Crippen LogP contribution in [0.3, 0.4) is 0 Å². The SMILES string of the molecule is CO/N=c1\ccsc2ccc(-n3c(=O)cc(C(F)(F)F)n(C)c3=O)cc12. The van der Waals surface area contributed by atoms with E-state index < -0.39 is 23.1 Å². The molecule has 2 aromatic heterocycles. The van der Waals surface area contributed by atoms with Crippen LogP contribution in [-0.4, -0.2) is 16.2 Å². The van der Waals surface area contributed by atoms with Crippen LogP contribution in [0.15, 0.2) is 50.5 Å². The minimum atomic E-state index is -4.80. The van der Waals surface area contributed by atoms with Crippen LogP contribution in [0.1, 0.15) is 5.69 Å². The molecule has 0 saturated carbocycles. The van der Waals surface area contributed by atoms with Gasteiger partial charge in [0.2, 0.25) is 0 Å². The van der Waals surface area contributed by atoms with Crippen LogP contribution in [0.4, 0.5) is 13.2 Å². The fraction of sp³-hybridized carbons (Fsp3) is 0.188. The smallest absolute Gasteiger partial charge is 0.399 e. The average molecular weight is 383 g/mol. The lowest BCUT2D eigenvalue weighted by Gasteiger charge is -2.14. The van der Waals surface area contributed by atoms with Crippen molar-refractivity contribution in [2.24, 2.45) is 12.2 Å². The average Bonchev–Trinajstić information content (AvgIpc) is 2.58. The van der Waals surface area contributed by atoms with E-state index >= 15 is 0 Å². The third-order valence-electron chi connectivity index (χ3n) is 3.72. The number of benzene rings is 1. The summed E-state index contributed by atoms with van der Waals surface area (Å²) in [4.78, 5) is 29.4. The molecule has 3 rings (SSSR count). The first-order chi connectivity index (χ1) is 12.2. The Kier molecular flexibility index (Phi) is 4.45. The topological polar surface area (TPSA) is 65.6 Å². The van der Waals surface area contributed by atoms with Crippen LogP contribution >= 0.6 is 11.3 Å². The van der Waals surface area contributed by atoms with Gasteiger partial charge in [0, 0.05) is 23.2 Å². The van der Waals surface area contributed by atoms with Crippen molar-refractivity contribution in [1.29, 1.82) is 0 Å². The molecule has 0 unspecified atom stereocenters. The summed E-state index contributed by atoms with van der Waals surface area (Å²) in [5, 5.41) is 6.74. The van der Waals surface area contributed by atoms with E-state index in [0.717, 1.165) is 11.7 Å². The summed E-state index contributed by atoms with van der Waals surface area (Å²) in [6.45, 7) is 0. The van der Waals surface area contributed by atoms with Gasteiger partial charge in [-0.25, -0.2) is 9.36 Å². The van der Waals surface area contributed by atoms with Gasteiger partial charge in [0.05, 0.1) is 5.69 Å². The standard InChI is InChI=1S/C16H12F3N3O3S/c1-21-13(16(17,18)19)8-14(23)22(15(21)24)9-3-4-12-10(7-9)11(20-25-2)5-6-26-12/h3-8H,1-2H3/b20-11+. The maximum atomic E-state index is 13.0. The molecule has 0 atom stereocenters. The highest BCUT2D eigenvalue weighted by Crippen LogP contribution is 2.27.